The second-order valence-corrected chi connectivity index (χ2v) is 5.15. The molecule has 7 heteroatoms. The number of aryl methyl sites for hydroxylation is 1. The Labute approximate surface area is 117 Å². The van der Waals surface area contributed by atoms with E-state index in [0.717, 1.165) is 19.4 Å². The van der Waals surface area contributed by atoms with Gasteiger partial charge in [-0.2, -0.15) is 0 Å². The highest BCUT2D eigenvalue weighted by Crippen LogP contribution is 2.11. The van der Waals surface area contributed by atoms with Crippen LogP contribution in [0.1, 0.15) is 25.5 Å². The molecule has 0 bridgehead atoms. The fourth-order valence-electron chi connectivity index (χ4n) is 2.42. The molecule has 1 aliphatic heterocycles. The summed E-state index contributed by atoms with van der Waals surface area (Å²) < 4.78 is 4.89. The van der Waals surface area contributed by atoms with Gasteiger partial charge in [-0.05, 0) is 26.3 Å². The summed E-state index contributed by atoms with van der Waals surface area (Å²) in [4.78, 5) is 25.0. The van der Waals surface area contributed by atoms with Gasteiger partial charge < -0.3 is 15.2 Å². The lowest BCUT2D eigenvalue weighted by Gasteiger charge is -2.32. The van der Waals surface area contributed by atoms with Crippen LogP contribution in [0, 0.1) is 6.92 Å². The van der Waals surface area contributed by atoms with E-state index in [-0.39, 0.29) is 17.9 Å². The largest absolute Gasteiger partial charge is 0.360 e. The van der Waals surface area contributed by atoms with Crippen molar-refractivity contribution in [1.29, 1.82) is 0 Å². The quantitative estimate of drug-likeness (QED) is 0.839. The van der Waals surface area contributed by atoms with Crippen molar-refractivity contribution < 1.29 is 14.1 Å². The van der Waals surface area contributed by atoms with Gasteiger partial charge in [0.15, 0.2) is 5.82 Å². The van der Waals surface area contributed by atoms with E-state index in [0.29, 0.717) is 24.7 Å². The number of nitrogens with one attached hydrogen (secondary N) is 2. The predicted octanol–water partition coefficient (Wildman–Crippen LogP) is 0.522. The summed E-state index contributed by atoms with van der Waals surface area (Å²) in [6.45, 7) is 5.14. The number of rotatable bonds is 4. The van der Waals surface area contributed by atoms with Gasteiger partial charge in [0.25, 0.3) is 0 Å². The molecule has 2 N–H and O–H groups in total. The number of carbonyl (C=O) groups excluding carboxylic acids is 2. The highest BCUT2D eigenvalue weighted by atomic mass is 16.5. The predicted molar refractivity (Wildman–Crippen MR) is 73.1 cm³/mol. The standard InChI is InChI=1S/C13H20N4O3/c1-9-6-12(16-20-9)15-13(19)8-17-5-3-4-11(7-17)14-10(2)18/h6,11H,3-5,7-8H2,1-2H3,(H,14,18)(H,15,16,19)/t11-/m0/s1. The van der Waals surface area contributed by atoms with Crippen LogP contribution >= 0.6 is 0 Å². The Hall–Kier alpha value is -1.89. The topological polar surface area (TPSA) is 87.5 Å². The van der Waals surface area contributed by atoms with E-state index in [1.54, 1.807) is 13.0 Å². The normalized spacial score (nSPS) is 19.6. The first-order valence-corrected chi connectivity index (χ1v) is 6.75. The van der Waals surface area contributed by atoms with Gasteiger partial charge in [-0.3, -0.25) is 14.5 Å². The van der Waals surface area contributed by atoms with Crippen molar-refractivity contribution in [2.75, 3.05) is 25.0 Å². The second kappa shape index (κ2) is 6.51. The summed E-state index contributed by atoms with van der Waals surface area (Å²) in [7, 11) is 0. The summed E-state index contributed by atoms with van der Waals surface area (Å²) in [5.74, 6) is 0.938. The molecule has 1 aliphatic rings. The molecule has 2 heterocycles. The SMILES string of the molecule is CC(=O)N[C@H]1CCCN(CC(=O)Nc2cc(C)on2)C1. The fraction of sp³-hybridized carbons (Fsp3) is 0.615. The van der Waals surface area contributed by atoms with Crippen molar-refractivity contribution in [3.05, 3.63) is 11.8 Å². The molecule has 2 rings (SSSR count). The molecule has 7 nitrogen and oxygen atoms in total. The van der Waals surface area contributed by atoms with Crippen LogP contribution in [0.2, 0.25) is 0 Å². The Morgan fingerprint density at radius 3 is 3.00 bits per heavy atom. The monoisotopic (exact) mass is 280 g/mol. The number of amides is 2. The third-order valence-corrected chi connectivity index (χ3v) is 3.18. The van der Waals surface area contributed by atoms with Crippen LogP contribution < -0.4 is 10.6 Å². The van der Waals surface area contributed by atoms with Crippen LogP contribution in [-0.4, -0.2) is 47.5 Å². The van der Waals surface area contributed by atoms with Gasteiger partial charge in [0.05, 0.1) is 6.54 Å². The Morgan fingerprint density at radius 1 is 1.55 bits per heavy atom. The molecule has 0 spiro atoms. The lowest BCUT2D eigenvalue weighted by atomic mass is 10.1. The van der Waals surface area contributed by atoms with Crippen molar-refractivity contribution in [2.24, 2.45) is 0 Å². The van der Waals surface area contributed by atoms with Crippen LogP contribution in [0.15, 0.2) is 10.6 Å². The van der Waals surface area contributed by atoms with Crippen molar-refractivity contribution in [1.82, 2.24) is 15.4 Å². The van der Waals surface area contributed by atoms with Gasteiger partial charge in [0.2, 0.25) is 11.8 Å². The van der Waals surface area contributed by atoms with Gasteiger partial charge in [0, 0.05) is 25.6 Å². The number of nitrogens with zero attached hydrogens (tertiary/aromatic N) is 2. The molecule has 2 amide bonds. The molecule has 0 saturated carbocycles. The highest BCUT2D eigenvalue weighted by molar-refractivity contribution is 5.91. The molecular weight excluding hydrogens is 260 g/mol. The number of anilines is 1. The number of carbonyl (C=O) groups is 2. The first-order valence-electron chi connectivity index (χ1n) is 6.75. The molecule has 1 atom stereocenters. The zero-order valence-electron chi connectivity index (χ0n) is 11.8. The Bertz CT molecular complexity index is 486. The number of likely N-dealkylation sites (tertiary alicyclic amines) is 1. The average Bonchev–Trinajstić information content (AvgIpc) is 2.74. The third-order valence-electron chi connectivity index (χ3n) is 3.18. The third kappa shape index (κ3) is 4.34. The van der Waals surface area contributed by atoms with Gasteiger partial charge in [-0.1, -0.05) is 5.16 Å². The molecule has 1 aromatic rings. The van der Waals surface area contributed by atoms with Crippen molar-refractivity contribution in [3.63, 3.8) is 0 Å². The molecule has 0 radical (unpaired) electrons. The second-order valence-electron chi connectivity index (χ2n) is 5.15. The minimum atomic E-state index is -0.123. The Balaban J connectivity index is 1.80. The fourth-order valence-corrected chi connectivity index (χ4v) is 2.42. The summed E-state index contributed by atoms with van der Waals surface area (Å²) >= 11 is 0. The first-order chi connectivity index (χ1) is 9.52. The molecular formula is C13H20N4O3. The molecule has 0 aromatic carbocycles. The van der Waals surface area contributed by atoms with Crippen LogP contribution in [-0.2, 0) is 9.59 Å². The van der Waals surface area contributed by atoms with Gasteiger partial charge in [-0.15, -0.1) is 0 Å². The number of hydrogen-bond acceptors (Lipinski definition) is 5. The lowest BCUT2D eigenvalue weighted by Crippen LogP contribution is -2.49. The average molecular weight is 280 g/mol. The molecule has 20 heavy (non-hydrogen) atoms. The number of piperidine rings is 1. The zero-order chi connectivity index (χ0) is 14.5. The van der Waals surface area contributed by atoms with E-state index in [2.05, 4.69) is 15.8 Å². The van der Waals surface area contributed by atoms with Crippen LogP contribution in [0.3, 0.4) is 0 Å². The summed E-state index contributed by atoms with van der Waals surface area (Å²) in [6.07, 6.45) is 1.93. The summed E-state index contributed by atoms with van der Waals surface area (Å²) in [5.41, 5.74) is 0. The molecule has 1 saturated heterocycles. The van der Waals surface area contributed by atoms with Crippen molar-refractivity contribution >= 4 is 17.6 Å². The van der Waals surface area contributed by atoms with Crippen LogP contribution in [0.5, 0.6) is 0 Å². The van der Waals surface area contributed by atoms with Crippen LogP contribution in [0.25, 0.3) is 0 Å². The van der Waals surface area contributed by atoms with Gasteiger partial charge in [0.1, 0.15) is 5.76 Å². The number of aromatic nitrogens is 1. The minimum Gasteiger partial charge on any atom is -0.360 e. The van der Waals surface area contributed by atoms with Crippen LogP contribution in [0.4, 0.5) is 5.82 Å². The lowest BCUT2D eigenvalue weighted by molar-refractivity contribution is -0.120. The number of hydrogen-bond donors (Lipinski definition) is 2. The van der Waals surface area contributed by atoms with E-state index in [4.69, 9.17) is 4.52 Å². The highest BCUT2D eigenvalue weighted by Gasteiger charge is 2.22. The maximum absolute atomic E-state index is 11.9. The maximum Gasteiger partial charge on any atom is 0.239 e. The molecule has 1 aromatic heterocycles. The van der Waals surface area contributed by atoms with Crippen molar-refractivity contribution in [3.8, 4) is 0 Å². The van der Waals surface area contributed by atoms with Crippen molar-refractivity contribution in [2.45, 2.75) is 32.7 Å². The maximum atomic E-state index is 11.9. The van der Waals surface area contributed by atoms with Gasteiger partial charge >= 0.3 is 0 Å². The summed E-state index contributed by atoms with van der Waals surface area (Å²) in [5, 5.41) is 9.31. The Morgan fingerprint density at radius 2 is 2.35 bits per heavy atom. The van der Waals surface area contributed by atoms with E-state index in [9.17, 15) is 9.59 Å². The first kappa shape index (κ1) is 14.5. The zero-order valence-corrected chi connectivity index (χ0v) is 11.8. The summed E-state index contributed by atoms with van der Waals surface area (Å²) in [6, 6.07) is 1.80. The Kier molecular flexibility index (Phi) is 4.73. The van der Waals surface area contributed by atoms with E-state index < -0.39 is 0 Å². The van der Waals surface area contributed by atoms with E-state index in [1.165, 1.54) is 6.92 Å². The van der Waals surface area contributed by atoms with E-state index >= 15 is 0 Å². The molecule has 110 valence electrons. The minimum absolute atomic E-state index is 0.0284. The molecule has 0 aliphatic carbocycles. The molecule has 0 unspecified atom stereocenters. The smallest absolute Gasteiger partial charge is 0.239 e. The molecule has 1 fully saturated rings. The van der Waals surface area contributed by atoms with E-state index in [1.807, 2.05) is 4.90 Å². The van der Waals surface area contributed by atoms with Gasteiger partial charge in [-0.25, -0.2) is 0 Å².